The predicted octanol–water partition coefficient (Wildman–Crippen LogP) is 3.57. The van der Waals surface area contributed by atoms with Gasteiger partial charge in [0.1, 0.15) is 11.1 Å². The van der Waals surface area contributed by atoms with E-state index in [9.17, 15) is 22.8 Å². The topological polar surface area (TPSA) is 98.4 Å². The number of anilines is 2. The van der Waals surface area contributed by atoms with Gasteiger partial charge >= 0.3 is 6.18 Å². The summed E-state index contributed by atoms with van der Waals surface area (Å²) in [6.45, 7) is 3.91. The van der Waals surface area contributed by atoms with Gasteiger partial charge in [-0.3, -0.25) is 19.1 Å². The van der Waals surface area contributed by atoms with E-state index < -0.39 is 11.9 Å². The zero-order valence-corrected chi connectivity index (χ0v) is 21.9. The van der Waals surface area contributed by atoms with Crippen molar-refractivity contribution < 1.29 is 22.7 Å². The maximum atomic E-state index is 13.4. The van der Waals surface area contributed by atoms with Crippen LogP contribution in [0.25, 0.3) is 11.0 Å². The molecular formula is C26H30F3N7O3. The Morgan fingerprint density at radius 1 is 1.15 bits per heavy atom. The number of carbonyl (C=O) groups is 1. The Labute approximate surface area is 222 Å². The molecule has 3 aromatic rings. The Morgan fingerprint density at radius 2 is 1.92 bits per heavy atom. The third-order valence-corrected chi connectivity index (χ3v) is 8.29. The predicted molar refractivity (Wildman–Crippen MR) is 136 cm³/mol. The summed E-state index contributed by atoms with van der Waals surface area (Å²) in [5.74, 6) is 0.339. The molecule has 13 heteroatoms. The van der Waals surface area contributed by atoms with E-state index in [1.807, 2.05) is 4.90 Å². The standard InChI is InChI=1S/C26H30F3N7O3/c1-16-21-22(36(32-16)20-5-3-4-12-39-20)31-24(33(2)23(21)38)34-10-7-25(8-11-34)14-19(37)35(15-25)17-6-9-30-18(13-17)26(27,28)29/h6,9,13,20H,3-5,7-8,10-12,14-15H2,1-2H3. The summed E-state index contributed by atoms with van der Waals surface area (Å²) >= 11 is 0. The summed E-state index contributed by atoms with van der Waals surface area (Å²) in [7, 11) is 1.70. The van der Waals surface area contributed by atoms with Crippen molar-refractivity contribution in [2.75, 3.05) is 36.0 Å². The average molecular weight is 546 g/mol. The van der Waals surface area contributed by atoms with Crippen LogP contribution in [-0.2, 0) is 22.8 Å². The van der Waals surface area contributed by atoms with Crippen LogP contribution in [0.2, 0.25) is 0 Å². The van der Waals surface area contributed by atoms with E-state index in [4.69, 9.17) is 9.72 Å². The number of hydrogen-bond acceptors (Lipinski definition) is 7. The molecular weight excluding hydrogens is 515 g/mol. The number of amides is 1. The van der Waals surface area contributed by atoms with Crippen LogP contribution in [0.15, 0.2) is 23.1 Å². The highest BCUT2D eigenvalue weighted by Crippen LogP contribution is 2.44. The third kappa shape index (κ3) is 4.46. The lowest BCUT2D eigenvalue weighted by Gasteiger charge is -2.39. The quantitative estimate of drug-likeness (QED) is 0.496. The van der Waals surface area contributed by atoms with Crippen molar-refractivity contribution in [3.63, 3.8) is 0 Å². The van der Waals surface area contributed by atoms with Gasteiger partial charge in [-0.15, -0.1) is 0 Å². The normalized spacial score (nSPS) is 21.9. The average Bonchev–Trinajstić information content (AvgIpc) is 3.43. The lowest BCUT2D eigenvalue weighted by atomic mass is 9.77. The molecule has 39 heavy (non-hydrogen) atoms. The second-order valence-electron chi connectivity index (χ2n) is 10.9. The highest BCUT2D eigenvalue weighted by Gasteiger charge is 2.46. The summed E-state index contributed by atoms with van der Waals surface area (Å²) in [5.41, 5.74) is -0.199. The minimum Gasteiger partial charge on any atom is -0.356 e. The summed E-state index contributed by atoms with van der Waals surface area (Å²) in [4.78, 5) is 38.1. The summed E-state index contributed by atoms with van der Waals surface area (Å²) in [6.07, 6.45) is 0.624. The van der Waals surface area contributed by atoms with Crippen LogP contribution >= 0.6 is 0 Å². The number of aromatic nitrogens is 5. The smallest absolute Gasteiger partial charge is 0.356 e. The third-order valence-electron chi connectivity index (χ3n) is 8.29. The molecule has 0 bridgehead atoms. The van der Waals surface area contributed by atoms with Crippen LogP contribution in [0.1, 0.15) is 56.1 Å². The van der Waals surface area contributed by atoms with E-state index >= 15 is 0 Å². The van der Waals surface area contributed by atoms with Gasteiger partial charge in [0.2, 0.25) is 11.9 Å². The SMILES string of the molecule is Cc1nn(C2CCCCO2)c2nc(N3CCC4(CC3)CC(=O)N(c3ccnc(C(F)(F)F)c3)C4)n(C)c(=O)c12. The van der Waals surface area contributed by atoms with Crippen LogP contribution in [0.4, 0.5) is 24.8 Å². The molecule has 1 amide bonds. The van der Waals surface area contributed by atoms with Gasteiger partial charge in [0.25, 0.3) is 5.56 Å². The number of carbonyl (C=O) groups excluding carboxylic acids is 1. The van der Waals surface area contributed by atoms with Crippen molar-refractivity contribution >= 4 is 28.6 Å². The van der Waals surface area contributed by atoms with E-state index in [0.717, 1.165) is 31.5 Å². The molecule has 0 aliphatic carbocycles. The first-order chi connectivity index (χ1) is 18.6. The van der Waals surface area contributed by atoms with E-state index in [0.29, 0.717) is 61.8 Å². The fourth-order valence-corrected chi connectivity index (χ4v) is 6.11. The van der Waals surface area contributed by atoms with Crippen molar-refractivity contribution in [3.05, 3.63) is 40.1 Å². The molecule has 3 aliphatic heterocycles. The Bertz CT molecular complexity index is 1480. The lowest BCUT2D eigenvalue weighted by molar-refractivity contribution is -0.141. The molecule has 6 heterocycles. The molecule has 3 saturated heterocycles. The molecule has 3 fully saturated rings. The van der Waals surface area contributed by atoms with Gasteiger partial charge in [-0.25, -0.2) is 4.68 Å². The number of ether oxygens (including phenoxy) is 1. The van der Waals surface area contributed by atoms with E-state index in [1.165, 1.54) is 11.0 Å². The highest BCUT2D eigenvalue weighted by molar-refractivity contribution is 5.96. The number of halogens is 3. The number of nitrogens with zero attached hydrogens (tertiary/aromatic N) is 7. The van der Waals surface area contributed by atoms with E-state index in [1.54, 1.807) is 23.2 Å². The first kappa shape index (κ1) is 25.8. The fourth-order valence-electron chi connectivity index (χ4n) is 6.11. The number of rotatable bonds is 3. The molecule has 1 spiro atoms. The molecule has 3 aliphatic rings. The van der Waals surface area contributed by atoms with Crippen molar-refractivity contribution in [2.24, 2.45) is 12.5 Å². The van der Waals surface area contributed by atoms with Gasteiger partial charge in [-0.1, -0.05) is 0 Å². The number of pyridine rings is 1. The van der Waals surface area contributed by atoms with Gasteiger partial charge < -0.3 is 14.5 Å². The van der Waals surface area contributed by atoms with Crippen molar-refractivity contribution in [3.8, 4) is 0 Å². The molecule has 3 aromatic heterocycles. The molecule has 208 valence electrons. The summed E-state index contributed by atoms with van der Waals surface area (Å²) in [5, 5.41) is 5.09. The second-order valence-corrected chi connectivity index (χ2v) is 10.9. The first-order valence-electron chi connectivity index (χ1n) is 13.2. The molecule has 0 radical (unpaired) electrons. The zero-order chi connectivity index (χ0) is 27.5. The van der Waals surface area contributed by atoms with Crippen LogP contribution in [0.5, 0.6) is 0 Å². The summed E-state index contributed by atoms with van der Waals surface area (Å²) < 4.78 is 48.7. The molecule has 0 saturated carbocycles. The maximum Gasteiger partial charge on any atom is 0.433 e. The van der Waals surface area contributed by atoms with Crippen molar-refractivity contribution in [2.45, 2.75) is 57.9 Å². The molecule has 0 N–H and O–H groups in total. The maximum absolute atomic E-state index is 13.4. The van der Waals surface area contributed by atoms with Gasteiger partial charge in [0.05, 0.1) is 5.69 Å². The minimum absolute atomic E-state index is 0.171. The Morgan fingerprint density at radius 3 is 2.62 bits per heavy atom. The van der Waals surface area contributed by atoms with Crippen LogP contribution in [-0.4, -0.2) is 56.5 Å². The minimum atomic E-state index is -4.58. The van der Waals surface area contributed by atoms with E-state index in [-0.39, 0.29) is 35.2 Å². The van der Waals surface area contributed by atoms with Gasteiger partial charge in [0.15, 0.2) is 11.9 Å². The largest absolute Gasteiger partial charge is 0.433 e. The zero-order valence-electron chi connectivity index (χ0n) is 21.9. The molecule has 1 unspecified atom stereocenters. The Balaban J connectivity index is 1.24. The van der Waals surface area contributed by atoms with Crippen LogP contribution in [0, 0.1) is 12.3 Å². The first-order valence-corrected chi connectivity index (χ1v) is 13.2. The number of fused-ring (bicyclic) bond motifs is 1. The Hall–Kier alpha value is -3.48. The van der Waals surface area contributed by atoms with Gasteiger partial charge in [-0.2, -0.15) is 23.3 Å². The molecule has 0 aromatic carbocycles. The monoisotopic (exact) mass is 545 g/mol. The van der Waals surface area contributed by atoms with Gasteiger partial charge in [-0.05, 0) is 51.2 Å². The van der Waals surface area contributed by atoms with E-state index in [2.05, 4.69) is 10.1 Å². The van der Waals surface area contributed by atoms with Crippen LogP contribution in [0.3, 0.4) is 0 Å². The number of hydrogen-bond donors (Lipinski definition) is 0. The molecule has 10 nitrogen and oxygen atoms in total. The highest BCUT2D eigenvalue weighted by atomic mass is 19.4. The second kappa shape index (κ2) is 9.32. The molecule has 6 rings (SSSR count). The lowest BCUT2D eigenvalue weighted by Crippen LogP contribution is -2.44. The summed E-state index contributed by atoms with van der Waals surface area (Å²) in [6, 6.07) is 2.37. The number of alkyl halides is 3. The van der Waals surface area contributed by atoms with Crippen molar-refractivity contribution in [1.29, 1.82) is 0 Å². The fraction of sp³-hybridized carbons (Fsp3) is 0.577. The van der Waals surface area contributed by atoms with Gasteiger partial charge in [0, 0.05) is 57.0 Å². The number of aryl methyl sites for hydroxylation is 1. The number of piperidine rings is 1. The van der Waals surface area contributed by atoms with Crippen molar-refractivity contribution in [1.82, 2.24) is 24.3 Å². The Kier molecular flexibility index (Phi) is 6.16. The molecule has 1 atom stereocenters. The van der Waals surface area contributed by atoms with Crippen LogP contribution < -0.4 is 15.4 Å².